The number of benzene rings is 1. The fourth-order valence-corrected chi connectivity index (χ4v) is 2.18. The molecule has 6 heteroatoms. The van der Waals surface area contributed by atoms with Crippen molar-refractivity contribution in [3.05, 3.63) is 52.9 Å². The molecule has 0 bridgehead atoms. The standard InChI is InChI=1S/C17H21ClN4O/c1-17(2,3)22-16(23)14-10-21-15(11-20-14)19-8-7-12-5-4-6-13(18)9-12/h4-6,9-11H,7-8H2,1-3H3,(H,19,21)(H,22,23). The Bertz CT molecular complexity index is 665. The fourth-order valence-electron chi connectivity index (χ4n) is 1.97. The number of hydrogen-bond donors (Lipinski definition) is 2. The van der Waals surface area contributed by atoms with Crippen molar-refractivity contribution < 1.29 is 4.79 Å². The van der Waals surface area contributed by atoms with E-state index in [1.807, 2.05) is 45.0 Å². The summed E-state index contributed by atoms with van der Waals surface area (Å²) in [5.41, 5.74) is 1.16. The zero-order valence-electron chi connectivity index (χ0n) is 13.6. The number of halogens is 1. The molecule has 0 aliphatic heterocycles. The summed E-state index contributed by atoms with van der Waals surface area (Å²) in [5, 5.41) is 6.76. The van der Waals surface area contributed by atoms with Crippen molar-refractivity contribution in [1.29, 1.82) is 0 Å². The van der Waals surface area contributed by atoms with Crippen molar-refractivity contribution in [2.75, 3.05) is 11.9 Å². The minimum atomic E-state index is -0.299. The van der Waals surface area contributed by atoms with Gasteiger partial charge in [0.15, 0.2) is 0 Å². The van der Waals surface area contributed by atoms with Crippen LogP contribution in [0, 0.1) is 0 Å². The van der Waals surface area contributed by atoms with E-state index in [1.54, 1.807) is 6.20 Å². The van der Waals surface area contributed by atoms with Crippen LogP contribution < -0.4 is 10.6 Å². The van der Waals surface area contributed by atoms with Crippen LogP contribution in [0.25, 0.3) is 0 Å². The Hall–Kier alpha value is -2.14. The van der Waals surface area contributed by atoms with E-state index in [0.717, 1.165) is 17.0 Å². The van der Waals surface area contributed by atoms with E-state index in [2.05, 4.69) is 20.6 Å². The molecule has 0 unspecified atom stereocenters. The molecule has 0 saturated heterocycles. The molecule has 1 heterocycles. The molecule has 1 amide bonds. The summed E-state index contributed by atoms with van der Waals surface area (Å²) in [5.74, 6) is 0.412. The van der Waals surface area contributed by atoms with E-state index in [1.165, 1.54) is 6.20 Å². The maximum atomic E-state index is 12.0. The van der Waals surface area contributed by atoms with Crippen molar-refractivity contribution in [2.45, 2.75) is 32.7 Å². The topological polar surface area (TPSA) is 66.9 Å². The fraction of sp³-hybridized carbons (Fsp3) is 0.353. The van der Waals surface area contributed by atoms with Gasteiger partial charge in [0.1, 0.15) is 11.5 Å². The maximum absolute atomic E-state index is 12.0. The molecule has 0 spiro atoms. The van der Waals surface area contributed by atoms with Crippen molar-refractivity contribution in [1.82, 2.24) is 15.3 Å². The molecule has 0 radical (unpaired) electrons. The van der Waals surface area contributed by atoms with Crippen molar-refractivity contribution in [2.24, 2.45) is 0 Å². The minimum absolute atomic E-state index is 0.226. The Morgan fingerprint density at radius 3 is 2.61 bits per heavy atom. The Balaban J connectivity index is 1.86. The van der Waals surface area contributed by atoms with Crippen LogP contribution in [0.3, 0.4) is 0 Å². The van der Waals surface area contributed by atoms with Gasteiger partial charge in [-0.25, -0.2) is 9.97 Å². The number of aromatic nitrogens is 2. The second kappa shape index (κ2) is 7.42. The Morgan fingerprint density at radius 1 is 1.22 bits per heavy atom. The van der Waals surface area contributed by atoms with Crippen LogP contribution in [0.1, 0.15) is 36.8 Å². The lowest BCUT2D eigenvalue weighted by atomic mass is 10.1. The molecule has 2 rings (SSSR count). The second-order valence-corrected chi connectivity index (χ2v) is 6.73. The normalized spacial score (nSPS) is 11.1. The number of amides is 1. The Morgan fingerprint density at radius 2 is 2.00 bits per heavy atom. The Kier molecular flexibility index (Phi) is 5.55. The molecule has 0 atom stereocenters. The molecule has 5 nitrogen and oxygen atoms in total. The largest absolute Gasteiger partial charge is 0.368 e. The number of hydrogen-bond acceptors (Lipinski definition) is 4. The summed E-state index contributed by atoms with van der Waals surface area (Å²) < 4.78 is 0. The predicted molar refractivity (Wildman–Crippen MR) is 92.9 cm³/mol. The molecule has 0 saturated carbocycles. The first-order chi connectivity index (χ1) is 10.8. The van der Waals surface area contributed by atoms with Gasteiger partial charge >= 0.3 is 0 Å². The zero-order valence-corrected chi connectivity index (χ0v) is 14.3. The van der Waals surface area contributed by atoms with Crippen LogP contribution >= 0.6 is 11.6 Å². The van der Waals surface area contributed by atoms with Gasteiger partial charge in [-0.15, -0.1) is 0 Å². The van der Waals surface area contributed by atoms with Crippen LogP contribution in [0.4, 0.5) is 5.82 Å². The third-order valence-electron chi connectivity index (χ3n) is 2.98. The zero-order chi connectivity index (χ0) is 16.9. The first-order valence-corrected chi connectivity index (χ1v) is 7.84. The second-order valence-electron chi connectivity index (χ2n) is 6.30. The summed E-state index contributed by atoms with van der Waals surface area (Å²) in [4.78, 5) is 20.3. The highest BCUT2D eigenvalue weighted by atomic mass is 35.5. The van der Waals surface area contributed by atoms with E-state index in [-0.39, 0.29) is 11.4 Å². The van der Waals surface area contributed by atoms with Gasteiger partial charge in [-0.3, -0.25) is 4.79 Å². The summed E-state index contributed by atoms with van der Waals surface area (Å²) in [6, 6.07) is 7.75. The molecule has 1 aromatic carbocycles. The number of carbonyl (C=O) groups excluding carboxylic acids is 1. The van der Waals surface area contributed by atoms with Gasteiger partial charge in [-0.05, 0) is 44.9 Å². The van der Waals surface area contributed by atoms with Crippen LogP contribution in [0.15, 0.2) is 36.7 Å². The van der Waals surface area contributed by atoms with Gasteiger partial charge in [-0.2, -0.15) is 0 Å². The molecular weight excluding hydrogens is 312 g/mol. The molecule has 1 aromatic heterocycles. The van der Waals surface area contributed by atoms with E-state index in [0.29, 0.717) is 18.1 Å². The quantitative estimate of drug-likeness (QED) is 0.881. The summed E-state index contributed by atoms with van der Waals surface area (Å²) in [6.07, 6.45) is 3.87. The monoisotopic (exact) mass is 332 g/mol. The van der Waals surface area contributed by atoms with Gasteiger partial charge < -0.3 is 10.6 Å². The molecule has 2 N–H and O–H groups in total. The van der Waals surface area contributed by atoms with Crippen LogP contribution in [-0.4, -0.2) is 28.0 Å². The van der Waals surface area contributed by atoms with Crippen molar-refractivity contribution in [3.8, 4) is 0 Å². The molecule has 23 heavy (non-hydrogen) atoms. The highest BCUT2D eigenvalue weighted by Gasteiger charge is 2.16. The number of rotatable bonds is 5. The number of carbonyl (C=O) groups is 1. The smallest absolute Gasteiger partial charge is 0.271 e. The van der Waals surface area contributed by atoms with E-state index >= 15 is 0 Å². The highest BCUT2D eigenvalue weighted by molar-refractivity contribution is 6.30. The van der Waals surface area contributed by atoms with Crippen LogP contribution in [-0.2, 0) is 6.42 Å². The predicted octanol–water partition coefficient (Wildman–Crippen LogP) is 3.31. The Labute approximate surface area is 141 Å². The van der Waals surface area contributed by atoms with Crippen LogP contribution in [0.5, 0.6) is 0 Å². The van der Waals surface area contributed by atoms with Gasteiger partial charge in [-0.1, -0.05) is 23.7 Å². The number of nitrogens with one attached hydrogen (secondary N) is 2. The molecule has 0 fully saturated rings. The van der Waals surface area contributed by atoms with Crippen molar-refractivity contribution >= 4 is 23.3 Å². The summed E-state index contributed by atoms with van der Waals surface area (Å²) in [7, 11) is 0. The first kappa shape index (κ1) is 17.2. The van der Waals surface area contributed by atoms with Gasteiger partial charge in [0.2, 0.25) is 0 Å². The molecule has 2 aromatic rings. The first-order valence-electron chi connectivity index (χ1n) is 7.46. The van der Waals surface area contributed by atoms with Gasteiger partial charge in [0.05, 0.1) is 12.4 Å². The molecule has 0 aliphatic carbocycles. The average molecular weight is 333 g/mol. The lowest BCUT2D eigenvalue weighted by Gasteiger charge is -2.19. The molecule has 0 aliphatic rings. The molecular formula is C17H21ClN4O. The average Bonchev–Trinajstić information content (AvgIpc) is 2.46. The van der Waals surface area contributed by atoms with E-state index < -0.39 is 0 Å². The maximum Gasteiger partial charge on any atom is 0.271 e. The molecule has 122 valence electrons. The number of nitrogens with zero attached hydrogens (tertiary/aromatic N) is 2. The minimum Gasteiger partial charge on any atom is -0.368 e. The lowest BCUT2D eigenvalue weighted by molar-refractivity contribution is 0.0914. The van der Waals surface area contributed by atoms with Crippen LogP contribution in [0.2, 0.25) is 5.02 Å². The highest BCUT2D eigenvalue weighted by Crippen LogP contribution is 2.11. The third kappa shape index (κ3) is 5.87. The number of anilines is 1. The van der Waals surface area contributed by atoms with E-state index in [4.69, 9.17) is 11.6 Å². The van der Waals surface area contributed by atoms with E-state index in [9.17, 15) is 4.79 Å². The summed E-state index contributed by atoms with van der Waals surface area (Å²) >= 11 is 5.95. The van der Waals surface area contributed by atoms with Gasteiger partial charge in [0.25, 0.3) is 5.91 Å². The van der Waals surface area contributed by atoms with Crippen molar-refractivity contribution in [3.63, 3.8) is 0 Å². The lowest BCUT2D eigenvalue weighted by Crippen LogP contribution is -2.41. The third-order valence-corrected chi connectivity index (χ3v) is 3.22. The SMILES string of the molecule is CC(C)(C)NC(=O)c1cnc(NCCc2cccc(Cl)c2)cn1. The van der Waals surface area contributed by atoms with Gasteiger partial charge in [0, 0.05) is 17.1 Å². The summed E-state index contributed by atoms with van der Waals surface area (Å²) in [6.45, 7) is 6.47.